The summed E-state index contributed by atoms with van der Waals surface area (Å²) in [6.45, 7) is 0. The molecular formula is C46H28N4S. The third-order valence-corrected chi connectivity index (χ3v) is 11.3. The van der Waals surface area contributed by atoms with Crippen molar-refractivity contribution in [3.63, 3.8) is 0 Å². The number of rotatable bonds is 4. The summed E-state index contributed by atoms with van der Waals surface area (Å²) in [6.07, 6.45) is 0. The molecule has 0 saturated heterocycles. The first kappa shape index (κ1) is 28.3. The van der Waals surface area contributed by atoms with Crippen molar-refractivity contribution in [1.82, 2.24) is 19.1 Å². The van der Waals surface area contributed by atoms with E-state index < -0.39 is 0 Å². The predicted octanol–water partition coefficient (Wildman–Crippen LogP) is 12.4. The number of hydrogen-bond donors (Lipinski definition) is 0. The van der Waals surface area contributed by atoms with Gasteiger partial charge in [-0.2, -0.15) is 0 Å². The molecule has 0 atom stereocenters. The van der Waals surface area contributed by atoms with E-state index in [0.717, 1.165) is 54.8 Å². The number of fused-ring (bicyclic) bond motifs is 10. The second kappa shape index (κ2) is 11.0. The molecule has 51 heavy (non-hydrogen) atoms. The predicted molar refractivity (Wildman–Crippen MR) is 214 cm³/mol. The lowest BCUT2D eigenvalue weighted by atomic mass is 10.1. The average Bonchev–Trinajstić information content (AvgIpc) is 3.86. The molecule has 11 aromatic rings. The first-order chi connectivity index (χ1) is 25.3. The summed E-state index contributed by atoms with van der Waals surface area (Å²) in [5, 5.41) is 6.07. The summed E-state index contributed by atoms with van der Waals surface area (Å²) in [4.78, 5) is 10.7. The van der Waals surface area contributed by atoms with Crippen molar-refractivity contribution in [2.45, 2.75) is 0 Å². The van der Waals surface area contributed by atoms with Gasteiger partial charge in [-0.1, -0.05) is 121 Å². The monoisotopic (exact) mass is 668 g/mol. The van der Waals surface area contributed by atoms with Gasteiger partial charge in [-0.25, -0.2) is 9.97 Å². The molecule has 0 spiro atoms. The third kappa shape index (κ3) is 4.13. The Hall–Kier alpha value is -6.56. The Bertz CT molecular complexity index is 3130. The summed E-state index contributed by atoms with van der Waals surface area (Å²) < 4.78 is 7.16. The van der Waals surface area contributed by atoms with E-state index in [1.54, 1.807) is 11.3 Å². The van der Waals surface area contributed by atoms with Crippen LogP contribution in [0.2, 0.25) is 0 Å². The average molecular weight is 669 g/mol. The molecule has 0 radical (unpaired) electrons. The molecule has 0 aliphatic carbocycles. The van der Waals surface area contributed by atoms with Gasteiger partial charge in [0.1, 0.15) is 0 Å². The Morgan fingerprint density at radius 3 is 1.92 bits per heavy atom. The van der Waals surface area contributed by atoms with Crippen LogP contribution in [0, 0.1) is 0 Å². The van der Waals surface area contributed by atoms with Crippen molar-refractivity contribution in [3.8, 4) is 34.0 Å². The molecule has 4 heterocycles. The van der Waals surface area contributed by atoms with E-state index in [2.05, 4.69) is 179 Å². The Morgan fingerprint density at radius 1 is 0.451 bits per heavy atom. The van der Waals surface area contributed by atoms with Crippen LogP contribution in [0.15, 0.2) is 170 Å². The molecule has 4 aromatic heterocycles. The Morgan fingerprint density at radius 2 is 1.10 bits per heavy atom. The molecule has 0 N–H and O–H groups in total. The molecule has 4 nitrogen and oxygen atoms in total. The minimum atomic E-state index is 0.714. The van der Waals surface area contributed by atoms with Crippen LogP contribution < -0.4 is 0 Å². The van der Waals surface area contributed by atoms with E-state index >= 15 is 0 Å². The number of benzene rings is 7. The molecule has 0 amide bonds. The minimum absolute atomic E-state index is 0.714. The van der Waals surface area contributed by atoms with Crippen LogP contribution in [-0.4, -0.2) is 19.1 Å². The van der Waals surface area contributed by atoms with Crippen molar-refractivity contribution >= 4 is 75.3 Å². The van der Waals surface area contributed by atoms with Crippen LogP contribution >= 0.6 is 11.3 Å². The first-order valence-corrected chi connectivity index (χ1v) is 18.0. The summed E-state index contributed by atoms with van der Waals surface area (Å²) in [5.41, 5.74) is 10.9. The molecule has 7 aromatic carbocycles. The molecular weight excluding hydrogens is 641 g/mol. The number of aromatic nitrogens is 4. The maximum absolute atomic E-state index is 5.38. The normalized spacial score (nSPS) is 11.9. The van der Waals surface area contributed by atoms with E-state index in [4.69, 9.17) is 9.97 Å². The molecule has 11 rings (SSSR count). The van der Waals surface area contributed by atoms with Crippen molar-refractivity contribution in [3.05, 3.63) is 170 Å². The number of para-hydroxylation sites is 4. The number of hydrogen-bond acceptors (Lipinski definition) is 3. The lowest BCUT2D eigenvalue weighted by Crippen LogP contribution is -2.00. The molecule has 0 fully saturated rings. The Kier molecular flexibility index (Phi) is 6.09. The molecule has 5 heteroatoms. The van der Waals surface area contributed by atoms with Gasteiger partial charge in [-0.15, -0.1) is 11.3 Å². The lowest BCUT2D eigenvalue weighted by molar-refractivity contribution is 1.15. The minimum Gasteiger partial charge on any atom is -0.309 e. The zero-order chi connectivity index (χ0) is 33.5. The standard InChI is InChI=1S/C46H28N4S/c1-3-15-29(16-4-1)42-45-43(35-22-10-14-26-40(35)51-45)48-46(47-42)34-21-9-13-25-38(34)50-37-24-12-8-20-33(37)41-39(50)28-27-32-31-19-7-11-23-36(31)49(44(32)41)30-17-5-2-6-18-30/h1-28H. The van der Waals surface area contributed by atoms with Crippen LogP contribution in [0.3, 0.4) is 0 Å². The van der Waals surface area contributed by atoms with E-state index in [-0.39, 0.29) is 0 Å². The SMILES string of the molecule is c1ccc(-c2nc(-c3ccccc3-n3c4ccccc4c4c3ccc3c5ccccc5n(-c5ccccc5)c34)nc3c2sc2ccccc23)cc1. The highest BCUT2D eigenvalue weighted by atomic mass is 32.1. The van der Waals surface area contributed by atoms with Gasteiger partial charge >= 0.3 is 0 Å². The highest BCUT2D eigenvalue weighted by Crippen LogP contribution is 2.44. The largest absolute Gasteiger partial charge is 0.309 e. The quantitative estimate of drug-likeness (QED) is 0.187. The van der Waals surface area contributed by atoms with Gasteiger partial charge in [-0.3, -0.25) is 0 Å². The number of thiophene rings is 1. The zero-order valence-corrected chi connectivity index (χ0v) is 28.2. The van der Waals surface area contributed by atoms with Gasteiger partial charge in [0.05, 0.1) is 43.7 Å². The third-order valence-electron chi connectivity index (χ3n) is 10.1. The smallest absolute Gasteiger partial charge is 0.162 e. The van der Waals surface area contributed by atoms with Crippen LogP contribution in [0.25, 0.3) is 97.9 Å². The second-order valence-corrected chi connectivity index (χ2v) is 14.0. The van der Waals surface area contributed by atoms with Gasteiger partial charge in [0, 0.05) is 48.4 Å². The van der Waals surface area contributed by atoms with Gasteiger partial charge in [-0.05, 0) is 48.5 Å². The van der Waals surface area contributed by atoms with Crippen molar-refractivity contribution in [2.75, 3.05) is 0 Å². The van der Waals surface area contributed by atoms with Crippen LogP contribution in [0.4, 0.5) is 0 Å². The summed E-state index contributed by atoms with van der Waals surface area (Å²) in [7, 11) is 0. The summed E-state index contributed by atoms with van der Waals surface area (Å²) in [6, 6.07) is 60.5. The van der Waals surface area contributed by atoms with Crippen LogP contribution in [-0.2, 0) is 0 Å². The molecule has 0 aliphatic heterocycles. The molecule has 0 saturated carbocycles. The first-order valence-electron chi connectivity index (χ1n) is 17.2. The fourth-order valence-electron chi connectivity index (χ4n) is 7.97. The topological polar surface area (TPSA) is 35.6 Å². The van der Waals surface area contributed by atoms with E-state index in [1.165, 1.54) is 37.3 Å². The maximum Gasteiger partial charge on any atom is 0.162 e. The molecule has 0 unspecified atom stereocenters. The lowest BCUT2D eigenvalue weighted by Gasteiger charge is -2.14. The van der Waals surface area contributed by atoms with E-state index in [1.807, 2.05) is 0 Å². The van der Waals surface area contributed by atoms with Gasteiger partial charge in [0.25, 0.3) is 0 Å². The highest BCUT2D eigenvalue weighted by Gasteiger charge is 2.23. The van der Waals surface area contributed by atoms with Crippen molar-refractivity contribution < 1.29 is 0 Å². The summed E-state index contributed by atoms with van der Waals surface area (Å²) in [5.74, 6) is 0.714. The molecule has 0 bridgehead atoms. The second-order valence-electron chi connectivity index (χ2n) is 13.0. The van der Waals surface area contributed by atoms with Crippen molar-refractivity contribution in [1.29, 1.82) is 0 Å². The zero-order valence-electron chi connectivity index (χ0n) is 27.4. The Balaban J connectivity index is 1.25. The number of nitrogens with zero attached hydrogens (tertiary/aromatic N) is 4. The summed E-state index contributed by atoms with van der Waals surface area (Å²) >= 11 is 1.76. The van der Waals surface area contributed by atoms with Crippen LogP contribution in [0.5, 0.6) is 0 Å². The van der Waals surface area contributed by atoms with Gasteiger partial charge < -0.3 is 9.13 Å². The molecule has 238 valence electrons. The van der Waals surface area contributed by atoms with Crippen LogP contribution in [0.1, 0.15) is 0 Å². The van der Waals surface area contributed by atoms with E-state index in [9.17, 15) is 0 Å². The maximum atomic E-state index is 5.38. The highest BCUT2D eigenvalue weighted by molar-refractivity contribution is 7.26. The van der Waals surface area contributed by atoms with Gasteiger partial charge in [0.15, 0.2) is 5.82 Å². The fraction of sp³-hybridized carbons (Fsp3) is 0. The van der Waals surface area contributed by atoms with Gasteiger partial charge in [0.2, 0.25) is 0 Å². The van der Waals surface area contributed by atoms with E-state index in [0.29, 0.717) is 5.82 Å². The Labute approximate surface area is 297 Å². The fourth-order valence-corrected chi connectivity index (χ4v) is 9.13. The van der Waals surface area contributed by atoms with Crippen molar-refractivity contribution in [2.24, 2.45) is 0 Å². The molecule has 0 aliphatic rings.